The molecule has 5 N–H and O–H groups in total. The summed E-state index contributed by atoms with van der Waals surface area (Å²) in [6, 6.07) is 3.43. The van der Waals surface area contributed by atoms with E-state index in [9.17, 15) is 9.90 Å². The molecule has 0 saturated carbocycles. The van der Waals surface area contributed by atoms with Crippen LogP contribution in [-0.2, 0) is 18.5 Å². The lowest BCUT2D eigenvalue weighted by molar-refractivity contribution is -0.332. The molecule has 26 heavy (non-hydrogen) atoms. The summed E-state index contributed by atoms with van der Waals surface area (Å²) in [6.45, 7) is -0.138. The molecular weight excluding hydrogens is 365 g/mol. The molecule has 3 saturated heterocycles. The fourth-order valence-electron chi connectivity index (χ4n) is 2.98. The first-order valence-electron chi connectivity index (χ1n) is 7.95. The van der Waals surface area contributed by atoms with Gasteiger partial charge in [-0.2, -0.15) is 10.2 Å². The van der Waals surface area contributed by atoms with Crippen LogP contribution in [0.3, 0.4) is 0 Å². The highest BCUT2D eigenvalue weighted by Gasteiger charge is 2.56. The number of rotatable bonds is 7. The Morgan fingerprint density at radius 3 is 3.12 bits per heavy atom. The number of hydrogen-bond donors (Lipinski definition) is 3. The Balaban J connectivity index is 1.74. The lowest BCUT2D eigenvalue weighted by Crippen LogP contribution is -2.66. The molecule has 1 aromatic rings. The van der Waals surface area contributed by atoms with Gasteiger partial charge in [-0.25, -0.2) is 4.79 Å². The molecule has 2 bridgehead atoms. The molecule has 4 rings (SSSR count). The molecule has 3 fully saturated rings. The zero-order chi connectivity index (χ0) is 18.7. The second kappa shape index (κ2) is 7.94. The highest BCUT2D eigenvalue weighted by Crippen LogP contribution is 2.46. The van der Waals surface area contributed by atoms with Crippen LogP contribution in [0, 0.1) is 11.3 Å². The summed E-state index contributed by atoms with van der Waals surface area (Å²) in [7, 11) is -1.74. The van der Waals surface area contributed by atoms with Crippen LogP contribution in [-0.4, -0.2) is 52.3 Å². The number of nitriles is 1. The highest BCUT2D eigenvalue weighted by atomic mass is 31.2. The van der Waals surface area contributed by atoms with Crippen molar-refractivity contribution in [2.24, 2.45) is 5.50 Å². The van der Waals surface area contributed by atoms with Crippen molar-refractivity contribution in [2.75, 3.05) is 25.6 Å². The number of aliphatic hydroxyl groups excluding tert-OH is 1. The Morgan fingerprint density at radius 1 is 1.62 bits per heavy atom. The molecule has 1 aromatic heterocycles. The van der Waals surface area contributed by atoms with Gasteiger partial charge in [-0.1, -0.05) is 0 Å². The van der Waals surface area contributed by atoms with Crippen molar-refractivity contribution >= 4 is 14.3 Å². The lowest BCUT2D eigenvalue weighted by atomic mass is 9.86. The van der Waals surface area contributed by atoms with Gasteiger partial charge in [-0.15, -0.1) is 0 Å². The Bertz CT molecular complexity index is 741. The fraction of sp³-hybridized carbons (Fsp3) is 0.643. The maximum absolute atomic E-state index is 12.1. The van der Waals surface area contributed by atoms with Gasteiger partial charge in [0.05, 0.1) is 32.3 Å². The van der Waals surface area contributed by atoms with Crippen molar-refractivity contribution < 1.29 is 23.6 Å². The van der Waals surface area contributed by atoms with Crippen molar-refractivity contribution in [1.82, 2.24) is 9.55 Å². The molecule has 0 aliphatic carbocycles. The van der Waals surface area contributed by atoms with Crippen molar-refractivity contribution in [1.29, 1.82) is 5.26 Å². The van der Waals surface area contributed by atoms with E-state index in [0.717, 1.165) is 0 Å². The molecule has 5 unspecified atom stereocenters. The van der Waals surface area contributed by atoms with E-state index in [1.165, 1.54) is 16.8 Å². The summed E-state index contributed by atoms with van der Waals surface area (Å²) in [6.07, 6.45) is 0.199. The summed E-state index contributed by atoms with van der Waals surface area (Å²) >= 11 is 0. The molecule has 3 aliphatic heterocycles. The molecule has 11 nitrogen and oxygen atoms in total. The number of anilines is 1. The first-order chi connectivity index (χ1) is 12.5. The fourth-order valence-corrected chi connectivity index (χ4v) is 3.84. The molecule has 142 valence electrons. The van der Waals surface area contributed by atoms with E-state index in [0.29, 0.717) is 6.42 Å². The minimum absolute atomic E-state index is 0.0911. The summed E-state index contributed by atoms with van der Waals surface area (Å²) in [5.74, 6) is 0.106. The summed E-state index contributed by atoms with van der Waals surface area (Å²) in [4.78, 5) is 15.8. The largest absolute Gasteiger partial charge is 0.393 e. The van der Waals surface area contributed by atoms with Gasteiger partial charge in [-0.05, 0) is 6.07 Å². The van der Waals surface area contributed by atoms with Crippen LogP contribution >= 0.6 is 8.53 Å². The molecule has 3 aliphatic rings. The zero-order valence-electron chi connectivity index (χ0n) is 13.9. The zero-order valence-corrected chi connectivity index (χ0v) is 14.7. The number of ether oxygens (including phenoxy) is 2. The molecule has 0 amide bonds. The number of nitrogen functional groups attached to an aromatic ring is 1. The average Bonchev–Trinajstić information content (AvgIpc) is 2.63. The molecule has 0 aromatic carbocycles. The smallest absolute Gasteiger partial charge is 0.351 e. The number of nitrogens with two attached hydrogens (primary N) is 2. The lowest BCUT2D eigenvalue weighted by Gasteiger charge is -2.53. The van der Waals surface area contributed by atoms with Crippen LogP contribution < -0.4 is 16.9 Å². The molecule has 5 atom stereocenters. The van der Waals surface area contributed by atoms with E-state index in [1.807, 2.05) is 6.07 Å². The van der Waals surface area contributed by atoms with Crippen molar-refractivity contribution in [3.8, 4) is 6.07 Å². The molecule has 0 radical (unpaired) electrons. The van der Waals surface area contributed by atoms with Crippen molar-refractivity contribution in [3.63, 3.8) is 0 Å². The number of aliphatic hydroxyl groups is 1. The summed E-state index contributed by atoms with van der Waals surface area (Å²) in [5.41, 5.74) is 9.59. The topological polar surface area (TPSA) is 168 Å². The normalized spacial score (nSPS) is 31.5. The summed E-state index contributed by atoms with van der Waals surface area (Å²) in [5, 5.41) is 18.4. The Morgan fingerprint density at radius 2 is 2.42 bits per heavy atom. The number of hydrogen-bond acceptors (Lipinski definition) is 10. The van der Waals surface area contributed by atoms with E-state index >= 15 is 0 Å². The number of aromatic nitrogens is 2. The van der Waals surface area contributed by atoms with Gasteiger partial charge >= 0.3 is 5.69 Å². The summed E-state index contributed by atoms with van der Waals surface area (Å²) < 4.78 is 24.0. The van der Waals surface area contributed by atoms with E-state index < -0.39 is 38.3 Å². The minimum Gasteiger partial charge on any atom is -0.393 e. The van der Waals surface area contributed by atoms with Gasteiger partial charge in [0.25, 0.3) is 8.53 Å². The van der Waals surface area contributed by atoms with Crippen molar-refractivity contribution in [2.45, 2.75) is 36.9 Å². The predicted molar refractivity (Wildman–Crippen MR) is 89.4 cm³/mol. The quantitative estimate of drug-likeness (QED) is 0.406. The van der Waals surface area contributed by atoms with Gasteiger partial charge < -0.3 is 29.4 Å². The van der Waals surface area contributed by atoms with Crippen LogP contribution in [0.5, 0.6) is 0 Å². The van der Waals surface area contributed by atoms with Crippen LogP contribution in [0.2, 0.25) is 0 Å². The molecule has 12 heteroatoms. The third kappa shape index (κ3) is 3.72. The molecule has 0 spiro atoms. The average molecular weight is 385 g/mol. The van der Waals surface area contributed by atoms with Crippen LogP contribution in [0.25, 0.3) is 0 Å². The first kappa shape index (κ1) is 19.1. The SMILES string of the molecule is N#CCCOP(N)OC1CC2OCC1(CO)OC2n1ccc(N)nc1=O. The highest BCUT2D eigenvalue weighted by molar-refractivity contribution is 7.44. The van der Waals surface area contributed by atoms with Gasteiger partial charge in [0.15, 0.2) is 6.23 Å². The van der Waals surface area contributed by atoms with E-state index in [-0.39, 0.29) is 32.1 Å². The van der Waals surface area contributed by atoms with Crippen LogP contribution in [0.1, 0.15) is 19.1 Å². The number of fused-ring (bicyclic) bond motifs is 3. The minimum atomic E-state index is -1.74. The Hall–Kier alpha value is -1.64. The molecule has 4 heterocycles. The van der Waals surface area contributed by atoms with Gasteiger partial charge in [-0.3, -0.25) is 10.1 Å². The third-order valence-corrected chi connectivity index (χ3v) is 5.20. The maximum atomic E-state index is 12.1. The maximum Gasteiger partial charge on any atom is 0.351 e. The molecular formula is C14H20N5O6P. The van der Waals surface area contributed by atoms with Crippen molar-refractivity contribution in [3.05, 3.63) is 22.7 Å². The van der Waals surface area contributed by atoms with Gasteiger partial charge in [0.2, 0.25) is 0 Å². The Kier molecular flexibility index (Phi) is 5.84. The van der Waals surface area contributed by atoms with E-state index in [2.05, 4.69) is 4.98 Å². The van der Waals surface area contributed by atoms with Crippen LogP contribution in [0.15, 0.2) is 17.1 Å². The predicted octanol–water partition coefficient (Wildman–Crippen LogP) is -0.625. The standard InChI is InChI=1S/C14H20N5O6P/c15-3-1-5-23-26(17)25-10-6-9-12(24-14(10,7-20)8-22-9)19-4-2-11(16)18-13(19)21/h2,4,9-10,12,20H,1,5-8,17H2,(H2,16,18,21). The second-order valence-corrected chi connectivity index (χ2v) is 7.02. The second-order valence-electron chi connectivity index (χ2n) is 5.98. The first-order valence-corrected chi connectivity index (χ1v) is 9.20. The van der Waals surface area contributed by atoms with E-state index in [1.54, 1.807) is 0 Å². The Labute approximate surface area is 150 Å². The van der Waals surface area contributed by atoms with Crippen LogP contribution in [0.4, 0.5) is 5.82 Å². The third-order valence-electron chi connectivity index (χ3n) is 4.31. The monoisotopic (exact) mass is 385 g/mol. The van der Waals surface area contributed by atoms with Gasteiger partial charge in [0, 0.05) is 12.6 Å². The van der Waals surface area contributed by atoms with Gasteiger partial charge in [0.1, 0.15) is 23.6 Å². The van der Waals surface area contributed by atoms with E-state index in [4.69, 9.17) is 35.0 Å². The number of nitrogens with zero attached hydrogens (tertiary/aromatic N) is 3.